The largest absolute Gasteiger partial charge is 0.495 e. The summed E-state index contributed by atoms with van der Waals surface area (Å²) in [4.78, 5) is 29.9. The first kappa shape index (κ1) is 24.5. The van der Waals surface area contributed by atoms with Crippen molar-refractivity contribution in [1.82, 2.24) is 14.8 Å². The topological polar surface area (TPSA) is 107 Å². The fourth-order valence-corrected chi connectivity index (χ4v) is 4.94. The van der Waals surface area contributed by atoms with Gasteiger partial charge in [-0.3, -0.25) is 14.3 Å². The Morgan fingerprint density at radius 2 is 1.83 bits per heavy atom. The molecule has 0 radical (unpaired) electrons. The van der Waals surface area contributed by atoms with Gasteiger partial charge in [0.1, 0.15) is 23.0 Å². The molecule has 4 rings (SSSR count). The summed E-state index contributed by atoms with van der Waals surface area (Å²) >= 11 is 14.1. The number of thiophene rings is 1. The van der Waals surface area contributed by atoms with Crippen LogP contribution in [0.2, 0.25) is 10.0 Å². The number of hydrogen-bond acceptors (Lipinski definition) is 8. The molecule has 0 unspecified atom stereocenters. The number of nitrogens with one attached hydrogen (secondary N) is 2. The number of fused-ring (bicyclic) bond motifs is 1. The van der Waals surface area contributed by atoms with Gasteiger partial charge in [0, 0.05) is 19.3 Å². The maximum atomic E-state index is 13.4. The number of aryl methyl sites for hydroxylation is 1. The lowest BCUT2D eigenvalue weighted by atomic mass is 10.1. The first-order valence-corrected chi connectivity index (χ1v) is 11.6. The van der Waals surface area contributed by atoms with Crippen LogP contribution in [0.3, 0.4) is 0 Å². The van der Waals surface area contributed by atoms with Crippen LogP contribution in [0, 0.1) is 0 Å². The molecule has 0 aliphatic heterocycles. The van der Waals surface area contributed by atoms with Crippen LogP contribution in [-0.4, -0.2) is 40.7 Å². The number of ether oxygens (including phenoxy) is 2. The van der Waals surface area contributed by atoms with E-state index in [-0.39, 0.29) is 38.8 Å². The van der Waals surface area contributed by atoms with Gasteiger partial charge >= 0.3 is 0 Å². The molecule has 0 atom stereocenters. The molecule has 0 bridgehead atoms. The van der Waals surface area contributed by atoms with Gasteiger partial charge in [-0.25, -0.2) is 4.98 Å². The van der Waals surface area contributed by atoms with Crippen molar-refractivity contribution in [3.8, 4) is 11.5 Å². The average molecular weight is 532 g/mol. The number of carbonyl (C=O) groups excluding carboxylic acids is 2. The molecule has 12 heteroatoms. The van der Waals surface area contributed by atoms with Crippen LogP contribution >= 0.6 is 34.5 Å². The van der Waals surface area contributed by atoms with Crippen LogP contribution in [0.5, 0.6) is 11.5 Å². The highest BCUT2D eigenvalue weighted by Crippen LogP contribution is 2.42. The lowest BCUT2D eigenvalue weighted by molar-refractivity contribution is -0.111. The highest BCUT2D eigenvalue weighted by atomic mass is 35.5. The van der Waals surface area contributed by atoms with Crippen LogP contribution < -0.4 is 20.1 Å². The molecule has 3 aromatic heterocycles. The Kier molecular flexibility index (Phi) is 6.97. The van der Waals surface area contributed by atoms with Crippen molar-refractivity contribution >= 4 is 73.6 Å². The quantitative estimate of drug-likeness (QED) is 0.230. The van der Waals surface area contributed by atoms with Crippen molar-refractivity contribution in [2.24, 2.45) is 7.05 Å². The summed E-state index contributed by atoms with van der Waals surface area (Å²) in [6.07, 6.45) is 4.46. The fraction of sp³-hybridized carbons (Fsp3) is 0.130. The molecule has 0 aliphatic carbocycles. The molecule has 1 amide bonds. The Bertz CT molecular complexity index is 1450. The van der Waals surface area contributed by atoms with Crippen molar-refractivity contribution in [3.05, 3.63) is 63.7 Å². The number of aromatic nitrogens is 3. The van der Waals surface area contributed by atoms with Gasteiger partial charge in [-0.05, 0) is 23.6 Å². The number of amides is 1. The van der Waals surface area contributed by atoms with E-state index in [0.717, 1.165) is 10.1 Å². The molecule has 0 aliphatic rings. The van der Waals surface area contributed by atoms with Crippen LogP contribution in [0.1, 0.15) is 15.2 Å². The van der Waals surface area contributed by atoms with Gasteiger partial charge in [0.2, 0.25) is 11.7 Å². The standard InChI is InChI=1S/C23H19Cl2N5O4S/c1-5-18(31)27-12-10-30(2)29-23(12)28-17-7-11-6-15(35-16(11)9-26-17)22(32)19-20(24)13(33-3)8-14(34-4)21(19)25/h5-10H,1H2,2-4H3,(H,27,31)(H,26,28,29). The maximum absolute atomic E-state index is 13.4. The third kappa shape index (κ3) is 4.81. The summed E-state index contributed by atoms with van der Waals surface area (Å²) in [5, 5.41) is 11.1. The third-order valence-electron chi connectivity index (χ3n) is 4.95. The molecule has 0 spiro atoms. The lowest BCUT2D eigenvalue weighted by Gasteiger charge is -2.13. The molecule has 0 fully saturated rings. The number of anilines is 3. The minimum atomic E-state index is -0.368. The molecule has 1 aromatic carbocycles. The highest BCUT2D eigenvalue weighted by Gasteiger charge is 2.25. The van der Waals surface area contributed by atoms with Gasteiger partial charge in [-0.15, -0.1) is 11.3 Å². The second-order valence-corrected chi connectivity index (χ2v) is 9.05. The molecule has 0 saturated carbocycles. The van der Waals surface area contributed by atoms with Gasteiger partial charge < -0.3 is 20.1 Å². The van der Waals surface area contributed by atoms with E-state index in [4.69, 9.17) is 32.7 Å². The normalized spacial score (nSPS) is 10.8. The number of halogens is 2. The van der Waals surface area contributed by atoms with E-state index < -0.39 is 0 Å². The fourth-order valence-electron chi connectivity index (χ4n) is 3.31. The summed E-state index contributed by atoms with van der Waals surface area (Å²) in [6.45, 7) is 3.45. The van der Waals surface area contributed by atoms with Gasteiger partial charge in [0.15, 0.2) is 5.82 Å². The van der Waals surface area contributed by atoms with E-state index in [1.54, 1.807) is 36.3 Å². The average Bonchev–Trinajstić information content (AvgIpc) is 3.41. The predicted molar refractivity (Wildman–Crippen MR) is 138 cm³/mol. The minimum Gasteiger partial charge on any atom is -0.495 e. The van der Waals surface area contributed by atoms with E-state index in [9.17, 15) is 9.59 Å². The summed E-state index contributed by atoms with van der Waals surface area (Å²) in [6, 6.07) is 5.02. The molecule has 4 aromatic rings. The van der Waals surface area contributed by atoms with Gasteiger partial charge in [-0.2, -0.15) is 5.10 Å². The molecule has 9 nitrogen and oxygen atoms in total. The lowest BCUT2D eigenvalue weighted by Crippen LogP contribution is -2.08. The highest BCUT2D eigenvalue weighted by molar-refractivity contribution is 7.21. The zero-order valence-corrected chi connectivity index (χ0v) is 21.1. The number of rotatable bonds is 8. The Morgan fingerprint density at radius 3 is 2.46 bits per heavy atom. The summed E-state index contributed by atoms with van der Waals surface area (Å²) in [5.41, 5.74) is 0.565. The molecular weight excluding hydrogens is 513 g/mol. The summed E-state index contributed by atoms with van der Waals surface area (Å²) in [5.74, 6) is 0.703. The Morgan fingerprint density at radius 1 is 1.14 bits per heavy atom. The van der Waals surface area contributed by atoms with Crippen LogP contribution in [0.15, 0.2) is 43.2 Å². The first-order valence-electron chi connectivity index (χ1n) is 10.0. The van der Waals surface area contributed by atoms with E-state index in [0.29, 0.717) is 22.2 Å². The second kappa shape index (κ2) is 9.95. The molecule has 0 saturated heterocycles. The van der Waals surface area contributed by atoms with Crippen LogP contribution in [-0.2, 0) is 11.8 Å². The zero-order valence-electron chi connectivity index (χ0n) is 18.8. The summed E-state index contributed by atoms with van der Waals surface area (Å²) < 4.78 is 12.9. The van der Waals surface area contributed by atoms with Crippen molar-refractivity contribution in [2.75, 3.05) is 24.9 Å². The molecule has 3 heterocycles. The number of carbonyl (C=O) groups is 2. The summed E-state index contributed by atoms with van der Waals surface area (Å²) in [7, 11) is 4.61. The first-order chi connectivity index (χ1) is 16.7. The number of ketones is 1. The van der Waals surface area contributed by atoms with Gasteiger partial charge in [-0.1, -0.05) is 29.8 Å². The van der Waals surface area contributed by atoms with Gasteiger partial charge in [0.25, 0.3) is 0 Å². The maximum Gasteiger partial charge on any atom is 0.247 e. The zero-order chi connectivity index (χ0) is 25.3. The third-order valence-corrected chi connectivity index (χ3v) is 6.78. The molecule has 2 N–H and O–H groups in total. The van der Waals surface area contributed by atoms with Crippen molar-refractivity contribution < 1.29 is 19.1 Å². The van der Waals surface area contributed by atoms with E-state index in [1.807, 2.05) is 0 Å². The van der Waals surface area contributed by atoms with Gasteiger partial charge in [0.05, 0.1) is 45.6 Å². The number of benzene rings is 1. The molecule has 35 heavy (non-hydrogen) atoms. The Balaban J connectivity index is 1.68. The molecule has 180 valence electrons. The predicted octanol–water partition coefficient (Wildman–Crippen LogP) is 5.45. The Hall–Kier alpha value is -3.60. The van der Waals surface area contributed by atoms with E-state index >= 15 is 0 Å². The van der Waals surface area contributed by atoms with Crippen molar-refractivity contribution in [2.45, 2.75) is 0 Å². The number of pyridine rings is 1. The Labute approximate surface area is 214 Å². The van der Waals surface area contributed by atoms with Crippen molar-refractivity contribution in [1.29, 1.82) is 0 Å². The van der Waals surface area contributed by atoms with E-state index in [2.05, 4.69) is 27.3 Å². The number of methoxy groups -OCH3 is 2. The number of nitrogens with zero attached hydrogens (tertiary/aromatic N) is 3. The van der Waals surface area contributed by atoms with Crippen molar-refractivity contribution in [3.63, 3.8) is 0 Å². The molecular formula is C23H19Cl2N5O4S. The minimum absolute atomic E-state index is 0.0958. The van der Waals surface area contributed by atoms with Crippen LogP contribution in [0.4, 0.5) is 17.3 Å². The van der Waals surface area contributed by atoms with E-state index in [1.165, 1.54) is 37.7 Å². The SMILES string of the molecule is C=CC(=O)Nc1cn(C)nc1Nc1cc2cc(C(=O)c3c(Cl)c(OC)cc(OC)c3Cl)sc2cn1. The monoisotopic (exact) mass is 531 g/mol. The second-order valence-electron chi connectivity index (χ2n) is 7.21. The smallest absolute Gasteiger partial charge is 0.247 e. The van der Waals surface area contributed by atoms with Crippen LogP contribution in [0.25, 0.3) is 10.1 Å². The number of hydrogen-bond donors (Lipinski definition) is 2.